The molecule has 0 amide bonds. The molecule has 1 saturated heterocycles. The van der Waals surface area contributed by atoms with Crippen molar-refractivity contribution in [3.8, 4) is 0 Å². The maximum atomic E-state index is 12.8. The number of rotatable bonds is 4. The minimum atomic E-state index is -4.47. The summed E-state index contributed by atoms with van der Waals surface area (Å²) in [5.74, 6) is -0.220. The van der Waals surface area contributed by atoms with Crippen molar-refractivity contribution >= 4 is 22.7 Å². The fraction of sp³-hybridized carbons (Fsp3) is 0.438. The molecule has 1 unspecified atom stereocenters. The zero-order valence-corrected chi connectivity index (χ0v) is 14.4. The van der Waals surface area contributed by atoms with Crippen molar-refractivity contribution in [3.05, 3.63) is 50.0 Å². The summed E-state index contributed by atoms with van der Waals surface area (Å²) >= 11 is 0.967. The summed E-state index contributed by atoms with van der Waals surface area (Å²) in [5.41, 5.74) is -0.0685. The lowest BCUT2D eigenvalue weighted by molar-refractivity contribution is -0.384. The van der Waals surface area contributed by atoms with Gasteiger partial charge in [-0.25, -0.2) is 4.98 Å². The number of benzene rings is 1. The van der Waals surface area contributed by atoms with Crippen LogP contribution in [0.15, 0.2) is 23.6 Å². The average Bonchev–Trinajstić information content (AvgIpc) is 3.12. The Morgan fingerprint density at radius 2 is 2.19 bits per heavy atom. The number of aromatic nitrogens is 1. The van der Waals surface area contributed by atoms with Gasteiger partial charge in [-0.3, -0.25) is 10.1 Å². The van der Waals surface area contributed by atoms with Crippen LogP contribution < -0.4 is 4.90 Å². The highest BCUT2D eigenvalue weighted by Crippen LogP contribution is 2.38. The summed E-state index contributed by atoms with van der Waals surface area (Å²) in [5, 5.41) is 22.0. The van der Waals surface area contributed by atoms with E-state index < -0.39 is 16.8 Å². The largest absolute Gasteiger partial charge is 0.434 e. The standard InChI is InChI=1S/C16H16F3N3O3S/c17-16(18,19)14-9-26-15(20-14)11-2-1-5-21(7-11)13-6-10(8-23)3-4-12(13)22(24)25/h3-4,6,9,11,23H,1-2,5,7-8H2. The van der Waals surface area contributed by atoms with Crippen molar-refractivity contribution in [2.45, 2.75) is 31.5 Å². The minimum absolute atomic E-state index is 0.0852. The van der Waals surface area contributed by atoms with Gasteiger partial charge >= 0.3 is 6.18 Å². The van der Waals surface area contributed by atoms with Gasteiger partial charge in [-0.1, -0.05) is 0 Å². The molecule has 2 aromatic rings. The van der Waals surface area contributed by atoms with Crippen LogP contribution in [0.2, 0.25) is 0 Å². The average molecular weight is 387 g/mol. The fourth-order valence-corrected chi connectivity index (χ4v) is 4.03. The maximum absolute atomic E-state index is 12.8. The number of alkyl halides is 3. The second-order valence-electron chi connectivity index (χ2n) is 6.09. The van der Waals surface area contributed by atoms with Crippen LogP contribution in [-0.4, -0.2) is 28.1 Å². The van der Waals surface area contributed by atoms with E-state index in [1.807, 2.05) is 0 Å². The zero-order chi connectivity index (χ0) is 18.9. The summed E-state index contributed by atoms with van der Waals surface area (Å²) in [7, 11) is 0. The molecular formula is C16H16F3N3O3S. The van der Waals surface area contributed by atoms with Gasteiger partial charge in [0.25, 0.3) is 5.69 Å². The van der Waals surface area contributed by atoms with Crippen molar-refractivity contribution in [3.63, 3.8) is 0 Å². The number of nitro groups is 1. The van der Waals surface area contributed by atoms with E-state index in [9.17, 15) is 28.4 Å². The van der Waals surface area contributed by atoms with E-state index in [2.05, 4.69) is 4.98 Å². The molecule has 1 aromatic heterocycles. The number of halogens is 3. The lowest BCUT2D eigenvalue weighted by Crippen LogP contribution is -2.34. The van der Waals surface area contributed by atoms with E-state index in [-0.39, 0.29) is 18.2 Å². The third kappa shape index (κ3) is 3.80. The normalized spacial score (nSPS) is 18.2. The molecule has 1 atom stereocenters. The van der Waals surface area contributed by atoms with Crippen LogP contribution in [0.1, 0.15) is 35.0 Å². The third-order valence-corrected chi connectivity index (χ3v) is 5.35. The quantitative estimate of drug-likeness (QED) is 0.635. The minimum Gasteiger partial charge on any atom is -0.392 e. The first-order valence-corrected chi connectivity index (χ1v) is 8.83. The van der Waals surface area contributed by atoms with Crippen LogP contribution in [0.4, 0.5) is 24.5 Å². The van der Waals surface area contributed by atoms with Crippen LogP contribution in [0.5, 0.6) is 0 Å². The second kappa shape index (κ2) is 7.20. The summed E-state index contributed by atoms with van der Waals surface area (Å²) in [6.45, 7) is 0.661. The van der Waals surface area contributed by atoms with Gasteiger partial charge in [-0.2, -0.15) is 13.2 Å². The van der Waals surface area contributed by atoms with E-state index in [1.54, 1.807) is 11.0 Å². The van der Waals surface area contributed by atoms with E-state index in [0.717, 1.165) is 16.7 Å². The summed E-state index contributed by atoms with van der Waals surface area (Å²) in [4.78, 5) is 16.3. The van der Waals surface area contributed by atoms with Crippen molar-refractivity contribution in [2.24, 2.45) is 0 Å². The smallest absolute Gasteiger partial charge is 0.392 e. The highest BCUT2D eigenvalue weighted by atomic mass is 32.1. The SMILES string of the molecule is O=[N+]([O-])c1ccc(CO)cc1N1CCCC(c2nc(C(F)(F)F)cs2)C1. The van der Waals surface area contributed by atoms with Gasteiger partial charge < -0.3 is 10.0 Å². The molecule has 140 valence electrons. The number of piperidine rings is 1. The number of aliphatic hydroxyl groups excluding tert-OH is 1. The van der Waals surface area contributed by atoms with Crippen molar-refractivity contribution in [1.29, 1.82) is 0 Å². The second-order valence-corrected chi connectivity index (χ2v) is 6.98. The van der Waals surface area contributed by atoms with Crippen molar-refractivity contribution in [2.75, 3.05) is 18.0 Å². The van der Waals surface area contributed by atoms with E-state index in [4.69, 9.17) is 0 Å². The number of anilines is 1. The molecule has 1 aliphatic rings. The Morgan fingerprint density at radius 1 is 1.42 bits per heavy atom. The number of aliphatic hydroxyl groups is 1. The van der Waals surface area contributed by atoms with E-state index in [1.165, 1.54) is 12.1 Å². The molecule has 1 aliphatic heterocycles. The number of thiazole rings is 1. The molecule has 0 bridgehead atoms. The molecule has 10 heteroatoms. The van der Waals surface area contributed by atoms with E-state index >= 15 is 0 Å². The Morgan fingerprint density at radius 3 is 2.81 bits per heavy atom. The predicted molar refractivity (Wildman–Crippen MR) is 90.3 cm³/mol. The molecule has 0 radical (unpaired) electrons. The van der Waals surface area contributed by atoms with Crippen LogP contribution >= 0.6 is 11.3 Å². The van der Waals surface area contributed by atoms with Crippen LogP contribution in [0, 0.1) is 10.1 Å². The number of hydrogen-bond acceptors (Lipinski definition) is 6. The molecular weight excluding hydrogens is 371 g/mol. The molecule has 0 saturated carbocycles. The Kier molecular flexibility index (Phi) is 5.15. The number of hydrogen-bond donors (Lipinski definition) is 1. The Hall–Kier alpha value is -2.20. The molecule has 1 fully saturated rings. The highest BCUT2D eigenvalue weighted by Gasteiger charge is 2.35. The predicted octanol–water partition coefficient (Wildman–Crippen LogP) is 3.95. The molecule has 1 aromatic carbocycles. The number of nitrogens with zero attached hydrogens (tertiary/aromatic N) is 3. The monoisotopic (exact) mass is 387 g/mol. The summed E-state index contributed by atoms with van der Waals surface area (Å²) in [6, 6.07) is 4.39. The lowest BCUT2D eigenvalue weighted by atomic mass is 9.97. The van der Waals surface area contributed by atoms with Crippen molar-refractivity contribution in [1.82, 2.24) is 4.98 Å². The van der Waals surface area contributed by atoms with Gasteiger partial charge in [0.05, 0.1) is 16.5 Å². The maximum Gasteiger partial charge on any atom is 0.434 e. The van der Waals surface area contributed by atoms with Gasteiger partial charge in [-0.05, 0) is 30.5 Å². The van der Waals surface area contributed by atoms with Gasteiger partial charge in [0.15, 0.2) is 5.69 Å². The van der Waals surface area contributed by atoms with Crippen LogP contribution in [0.3, 0.4) is 0 Å². The van der Waals surface area contributed by atoms with Gasteiger partial charge in [-0.15, -0.1) is 11.3 Å². The molecule has 0 spiro atoms. The topological polar surface area (TPSA) is 79.5 Å². The van der Waals surface area contributed by atoms with Crippen molar-refractivity contribution < 1.29 is 23.2 Å². The Bertz CT molecular complexity index is 810. The molecule has 2 heterocycles. The molecule has 3 rings (SSSR count). The molecule has 6 nitrogen and oxygen atoms in total. The molecule has 1 N–H and O–H groups in total. The lowest BCUT2D eigenvalue weighted by Gasteiger charge is -2.33. The Balaban J connectivity index is 1.87. The first kappa shape index (κ1) is 18.6. The molecule has 0 aliphatic carbocycles. The van der Waals surface area contributed by atoms with Crippen LogP contribution in [-0.2, 0) is 12.8 Å². The zero-order valence-electron chi connectivity index (χ0n) is 13.6. The van der Waals surface area contributed by atoms with Gasteiger partial charge in [0, 0.05) is 30.5 Å². The van der Waals surface area contributed by atoms with Crippen LogP contribution in [0.25, 0.3) is 0 Å². The van der Waals surface area contributed by atoms with Gasteiger partial charge in [0.2, 0.25) is 0 Å². The molecule has 26 heavy (non-hydrogen) atoms. The fourth-order valence-electron chi connectivity index (χ4n) is 3.08. The number of nitro benzene ring substituents is 1. The highest BCUT2D eigenvalue weighted by molar-refractivity contribution is 7.09. The summed E-state index contributed by atoms with van der Waals surface area (Å²) < 4.78 is 38.3. The Labute approximate surface area is 151 Å². The first-order valence-electron chi connectivity index (χ1n) is 7.95. The van der Waals surface area contributed by atoms with E-state index in [0.29, 0.717) is 42.2 Å². The van der Waals surface area contributed by atoms with Gasteiger partial charge in [0.1, 0.15) is 5.69 Å². The summed E-state index contributed by atoms with van der Waals surface area (Å²) in [6.07, 6.45) is -3.11. The third-order valence-electron chi connectivity index (χ3n) is 4.34. The first-order chi connectivity index (χ1) is 12.3.